The van der Waals surface area contributed by atoms with Crippen LogP contribution in [0, 0.1) is 40.4 Å². The standard InChI is InChI=1S/C30H46O6/c1-16(2)8-7-9-19(28(34)35)26-22-14-24(33)27-21(30(22,6)15-25(26)36-18(4)31)11-10-20-17(3)23(32)12-13-29(20,27)5/h8,17,20-25,27,32-33H,7,9-15H2,1-6H3,(H,34,35)/b26-19-/t17-,20-,21?,22-,23+,24+,25?,27?,29-,30+/m0/s1. The third-order valence-corrected chi connectivity index (χ3v) is 10.8. The van der Waals surface area contributed by atoms with Crippen molar-refractivity contribution in [3.05, 3.63) is 22.8 Å². The summed E-state index contributed by atoms with van der Waals surface area (Å²) in [5.41, 5.74) is 1.93. The summed E-state index contributed by atoms with van der Waals surface area (Å²) in [6.07, 6.45) is 6.42. The van der Waals surface area contributed by atoms with E-state index in [9.17, 15) is 24.9 Å². The van der Waals surface area contributed by atoms with Gasteiger partial charge in [0.1, 0.15) is 6.10 Å². The quantitative estimate of drug-likeness (QED) is 0.269. The highest BCUT2D eigenvalue weighted by Crippen LogP contribution is 2.69. The van der Waals surface area contributed by atoms with Gasteiger partial charge < -0.3 is 20.1 Å². The Morgan fingerprint density at radius 3 is 2.31 bits per heavy atom. The maximum atomic E-state index is 12.5. The second kappa shape index (κ2) is 9.90. The minimum atomic E-state index is -0.948. The van der Waals surface area contributed by atoms with Gasteiger partial charge in [0.2, 0.25) is 0 Å². The number of carbonyl (C=O) groups is 2. The minimum Gasteiger partial charge on any atom is -0.478 e. The largest absolute Gasteiger partial charge is 0.478 e. The molecule has 0 aromatic rings. The van der Waals surface area contributed by atoms with E-state index < -0.39 is 24.1 Å². The van der Waals surface area contributed by atoms with Gasteiger partial charge in [0.15, 0.2) is 0 Å². The first-order chi connectivity index (χ1) is 16.8. The number of ether oxygens (including phenoxy) is 1. The number of aliphatic carboxylic acids is 1. The fourth-order valence-corrected chi connectivity index (χ4v) is 9.24. The zero-order chi connectivity index (χ0) is 26.6. The zero-order valence-corrected chi connectivity index (χ0v) is 22.9. The Balaban J connectivity index is 1.77. The molecular formula is C30H46O6. The van der Waals surface area contributed by atoms with Crippen molar-refractivity contribution in [1.29, 1.82) is 0 Å². The summed E-state index contributed by atoms with van der Waals surface area (Å²) in [6.45, 7) is 12.1. The van der Waals surface area contributed by atoms with Gasteiger partial charge in [-0.05, 0) is 111 Å². The molecule has 6 nitrogen and oxygen atoms in total. The number of hydrogen-bond donors (Lipinski definition) is 3. The molecule has 202 valence electrons. The normalized spacial score (nSPS) is 45.1. The molecular weight excluding hydrogens is 456 g/mol. The third-order valence-electron chi connectivity index (χ3n) is 10.8. The lowest BCUT2D eigenvalue weighted by molar-refractivity contribution is -0.191. The molecule has 4 fully saturated rings. The first kappa shape index (κ1) is 27.4. The summed E-state index contributed by atoms with van der Waals surface area (Å²) in [4.78, 5) is 24.7. The van der Waals surface area contributed by atoms with Crippen molar-refractivity contribution in [2.24, 2.45) is 40.4 Å². The van der Waals surface area contributed by atoms with Gasteiger partial charge in [-0.15, -0.1) is 0 Å². The van der Waals surface area contributed by atoms with Crippen LogP contribution in [0.25, 0.3) is 0 Å². The van der Waals surface area contributed by atoms with E-state index >= 15 is 0 Å². The topological polar surface area (TPSA) is 104 Å². The van der Waals surface area contributed by atoms with Gasteiger partial charge in [0, 0.05) is 12.5 Å². The van der Waals surface area contributed by atoms with E-state index in [0.29, 0.717) is 37.2 Å². The lowest BCUT2D eigenvalue weighted by atomic mass is 9.42. The van der Waals surface area contributed by atoms with E-state index in [1.807, 2.05) is 19.9 Å². The summed E-state index contributed by atoms with van der Waals surface area (Å²) in [5.74, 6) is -0.558. The first-order valence-corrected chi connectivity index (χ1v) is 13.9. The average Bonchev–Trinajstić information content (AvgIpc) is 3.04. The van der Waals surface area contributed by atoms with Gasteiger partial charge in [0.25, 0.3) is 0 Å². The molecule has 6 heteroatoms. The number of aliphatic hydroxyl groups is 2. The van der Waals surface area contributed by atoms with Crippen molar-refractivity contribution in [2.45, 2.75) is 111 Å². The molecule has 4 rings (SSSR count). The molecule has 0 bridgehead atoms. The Morgan fingerprint density at radius 2 is 1.69 bits per heavy atom. The van der Waals surface area contributed by atoms with Crippen molar-refractivity contribution in [1.82, 2.24) is 0 Å². The minimum absolute atomic E-state index is 0.0581. The molecule has 0 amide bonds. The summed E-state index contributed by atoms with van der Waals surface area (Å²) in [6, 6.07) is 0. The molecule has 0 spiro atoms. The summed E-state index contributed by atoms with van der Waals surface area (Å²) < 4.78 is 5.83. The molecule has 0 aromatic carbocycles. The number of carboxylic acids is 1. The molecule has 36 heavy (non-hydrogen) atoms. The Labute approximate surface area is 216 Å². The van der Waals surface area contributed by atoms with Crippen LogP contribution >= 0.6 is 0 Å². The number of allylic oxidation sites excluding steroid dienone is 2. The van der Waals surface area contributed by atoms with Crippen LogP contribution in [-0.2, 0) is 14.3 Å². The van der Waals surface area contributed by atoms with E-state index in [1.165, 1.54) is 6.92 Å². The average molecular weight is 503 g/mol. The Morgan fingerprint density at radius 1 is 1.03 bits per heavy atom. The molecule has 0 heterocycles. The third kappa shape index (κ3) is 4.47. The van der Waals surface area contributed by atoms with E-state index in [2.05, 4.69) is 20.8 Å². The van der Waals surface area contributed by atoms with Crippen LogP contribution in [0.2, 0.25) is 0 Å². The number of carboxylic acid groups (broad SMARTS) is 1. The van der Waals surface area contributed by atoms with Crippen LogP contribution < -0.4 is 0 Å². The van der Waals surface area contributed by atoms with Crippen molar-refractivity contribution in [3.8, 4) is 0 Å². The molecule has 0 saturated heterocycles. The number of fused-ring (bicyclic) bond motifs is 5. The lowest BCUT2D eigenvalue weighted by Gasteiger charge is -2.64. The van der Waals surface area contributed by atoms with Crippen LogP contribution in [-0.4, -0.2) is 45.6 Å². The molecule has 0 aliphatic heterocycles. The molecule has 3 unspecified atom stereocenters. The van der Waals surface area contributed by atoms with Gasteiger partial charge in [-0.1, -0.05) is 32.4 Å². The number of rotatable bonds is 5. The highest BCUT2D eigenvalue weighted by molar-refractivity contribution is 5.88. The first-order valence-electron chi connectivity index (χ1n) is 13.9. The molecule has 3 N–H and O–H groups in total. The van der Waals surface area contributed by atoms with E-state index in [-0.39, 0.29) is 40.6 Å². The molecule has 4 saturated carbocycles. The van der Waals surface area contributed by atoms with Crippen LogP contribution in [0.1, 0.15) is 92.9 Å². The molecule has 4 aliphatic carbocycles. The van der Waals surface area contributed by atoms with Crippen molar-refractivity contribution < 1.29 is 29.6 Å². The number of esters is 1. The smallest absolute Gasteiger partial charge is 0.331 e. The highest BCUT2D eigenvalue weighted by Gasteiger charge is 2.66. The van der Waals surface area contributed by atoms with E-state index in [0.717, 1.165) is 36.8 Å². The second-order valence-corrected chi connectivity index (χ2v) is 13.0. The second-order valence-electron chi connectivity index (χ2n) is 13.0. The zero-order valence-electron chi connectivity index (χ0n) is 22.9. The van der Waals surface area contributed by atoms with Crippen LogP contribution in [0.3, 0.4) is 0 Å². The van der Waals surface area contributed by atoms with E-state index in [4.69, 9.17) is 4.74 Å². The van der Waals surface area contributed by atoms with Crippen molar-refractivity contribution in [3.63, 3.8) is 0 Å². The lowest BCUT2D eigenvalue weighted by Crippen LogP contribution is -2.61. The fraction of sp³-hybridized carbons (Fsp3) is 0.800. The molecule has 10 atom stereocenters. The predicted octanol–water partition coefficient (Wildman–Crippen LogP) is 5.28. The maximum absolute atomic E-state index is 12.5. The van der Waals surface area contributed by atoms with Gasteiger partial charge in [-0.25, -0.2) is 4.79 Å². The van der Waals surface area contributed by atoms with Gasteiger partial charge >= 0.3 is 11.9 Å². The number of carbonyl (C=O) groups excluding carboxylic acids is 1. The Bertz CT molecular complexity index is 947. The Hall–Kier alpha value is -1.66. The summed E-state index contributed by atoms with van der Waals surface area (Å²) in [7, 11) is 0. The van der Waals surface area contributed by atoms with E-state index in [1.54, 1.807) is 0 Å². The van der Waals surface area contributed by atoms with Gasteiger partial charge in [0.05, 0.1) is 12.2 Å². The van der Waals surface area contributed by atoms with Crippen LogP contribution in [0.15, 0.2) is 22.8 Å². The van der Waals surface area contributed by atoms with Crippen LogP contribution in [0.4, 0.5) is 0 Å². The molecule has 0 aromatic heterocycles. The predicted molar refractivity (Wildman–Crippen MR) is 138 cm³/mol. The number of hydrogen-bond acceptors (Lipinski definition) is 5. The Kier molecular flexibility index (Phi) is 7.53. The van der Waals surface area contributed by atoms with Crippen molar-refractivity contribution in [2.75, 3.05) is 0 Å². The summed E-state index contributed by atoms with van der Waals surface area (Å²) >= 11 is 0. The maximum Gasteiger partial charge on any atom is 0.331 e. The summed E-state index contributed by atoms with van der Waals surface area (Å²) in [5, 5.41) is 32.6. The molecule has 0 radical (unpaired) electrons. The molecule has 4 aliphatic rings. The number of aliphatic hydroxyl groups excluding tert-OH is 2. The van der Waals surface area contributed by atoms with Crippen molar-refractivity contribution >= 4 is 11.9 Å². The van der Waals surface area contributed by atoms with Gasteiger partial charge in [-0.3, -0.25) is 4.79 Å². The highest BCUT2D eigenvalue weighted by atomic mass is 16.5. The monoisotopic (exact) mass is 502 g/mol. The SMILES string of the molecule is CC(=O)OC1C[C@]2(C)C3CC[C@H]4[C@H](C)[C@H](O)CC[C@]4(C)C3[C@H](O)C[C@H]2/C1=C(\CCC=C(C)C)C(=O)O. The van der Waals surface area contributed by atoms with Gasteiger partial charge in [-0.2, -0.15) is 0 Å². The fourth-order valence-electron chi connectivity index (χ4n) is 9.24. The van der Waals surface area contributed by atoms with Crippen LogP contribution in [0.5, 0.6) is 0 Å².